The van der Waals surface area contributed by atoms with E-state index in [1.165, 1.54) is 0 Å². The zero-order valence-electron chi connectivity index (χ0n) is 16.2. The monoisotopic (exact) mass is 402 g/mol. The molecule has 7 heteroatoms. The Morgan fingerprint density at radius 1 is 1.18 bits per heavy atom. The van der Waals surface area contributed by atoms with E-state index >= 15 is 0 Å². The third kappa shape index (κ3) is 4.07. The van der Waals surface area contributed by atoms with Crippen molar-refractivity contribution in [3.8, 4) is 11.5 Å². The number of benzene rings is 2. The molecule has 0 aromatic heterocycles. The zero-order chi connectivity index (χ0) is 20.3. The smallest absolute Gasteiger partial charge is 0.253 e. The summed E-state index contributed by atoms with van der Waals surface area (Å²) in [7, 11) is 4.90. The summed E-state index contributed by atoms with van der Waals surface area (Å²) in [6, 6.07) is 10.5. The van der Waals surface area contributed by atoms with Gasteiger partial charge in [0, 0.05) is 43.8 Å². The summed E-state index contributed by atoms with van der Waals surface area (Å²) in [5.74, 6) is 1.20. The number of nitrogens with zero attached hydrogens (tertiary/aromatic N) is 2. The lowest BCUT2D eigenvalue weighted by Gasteiger charge is -2.21. The molecule has 1 fully saturated rings. The number of ether oxygens (including phenoxy) is 2. The van der Waals surface area contributed by atoms with Crippen LogP contribution in [-0.4, -0.2) is 44.5 Å². The van der Waals surface area contributed by atoms with Gasteiger partial charge in [0.2, 0.25) is 5.91 Å². The number of rotatable bonds is 6. The van der Waals surface area contributed by atoms with Gasteiger partial charge in [0.1, 0.15) is 11.5 Å². The maximum atomic E-state index is 12.9. The third-order valence-electron chi connectivity index (χ3n) is 4.81. The van der Waals surface area contributed by atoms with Gasteiger partial charge in [-0.3, -0.25) is 9.59 Å². The van der Waals surface area contributed by atoms with Crippen molar-refractivity contribution in [1.82, 2.24) is 4.90 Å². The molecule has 1 aliphatic heterocycles. The van der Waals surface area contributed by atoms with Crippen molar-refractivity contribution in [3.05, 3.63) is 52.5 Å². The highest BCUT2D eigenvalue weighted by atomic mass is 35.5. The van der Waals surface area contributed by atoms with E-state index in [1.807, 2.05) is 12.1 Å². The Balaban J connectivity index is 1.81. The number of anilines is 1. The Kier molecular flexibility index (Phi) is 6.09. The minimum Gasteiger partial charge on any atom is -0.497 e. The van der Waals surface area contributed by atoms with Crippen molar-refractivity contribution in [2.45, 2.75) is 19.4 Å². The molecule has 3 rings (SSSR count). The van der Waals surface area contributed by atoms with Crippen LogP contribution >= 0.6 is 11.6 Å². The molecule has 2 amide bonds. The zero-order valence-corrected chi connectivity index (χ0v) is 17.0. The number of carbonyl (C=O) groups excluding carboxylic acids is 2. The van der Waals surface area contributed by atoms with Gasteiger partial charge in [-0.1, -0.05) is 11.6 Å². The summed E-state index contributed by atoms with van der Waals surface area (Å²) >= 11 is 6.28. The van der Waals surface area contributed by atoms with Crippen molar-refractivity contribution in [2.75, 3.05) is 32.7 Å². The molecule has 0 aliphatic carbocycles. The fourth-order valence-corrected chi connectivity index (χ4v) is 3.51. The second kappa shape index (κ2) is 8.52. The summed E-state index contributed by atoms with van der Waals surface area (Å²) in [6.07, 6.45) is 1.30. The molecule has 0 radical (unpaired) electrons. The van der Waals surface area contributed by atoms with Crippen LogP contribution in [0.1, 0.15) is 28.8 Å². The van der Waals surface area contributed by atoms with E-state index < -0.39 is 0 Å². The molecule has 1 heterocycles. The number of amides is 2. The van der Waals surface area contributed by atoms with Crippen LogP contribution in [0.5, 0.6) is 11.5 Å². The molecule has 28 heavy (non-hydrogen) atoms. The molecule has 6 nitrogen and oxygen atoms in total. The second-order valence-corrected chi connectivity index (χ2v) is 7.06. The second-order valence-electron chi connectivity index (χ2n) is 6.65. The van der Waals surface area contributed by atoms with Crippen molar-refractivity contribution in [2.24, 2.45) is 0 Å². The fraction of sp³-hybridized carbons (Fsp3) is 0.333. The molecule has 0 spiro atoms. The van der Waals surface area contributed by atoms with E-state index in [9.17, 15) is 9.59 Å². The highest BCUT2D eigenvalue weighted by molar-refractivity contribution is 6.34. The Morgan fingerprint density at radius 3 is 2.61 bits per heavy atom. The average molecular weight is 403 g/mol. The van der Waals surface area contributed by atoms with E-state index in [1.54, 1.807) is 55.3 Å². The van der Waals surface area contributed by atoms with Gasteiger partial charge >= 0.3 is 0 Å². The summed E-state index contributed by atoms with van der Waals surface area (Å²) in [6.45, 7) is 0.988. The lowest BCUT2D eigenvalue weighted by molar-refractivity contribution is -0.117. The standard InChI is InChI=1S/C21H23ClN2O4/c1-23(13-15-6-8-16(27-2)12-19(15)28-3)21(26)14-7-9-17(22)18(11-14)24-10-4-5-20(24)25/h6-9,11-12H,4-5,10,13H2,1-3H3. The van der Waals surface area contributed by atoms with Crippen molar-refractivity contribution in [1.29, 1.82) is 0 Å². The Labute approximate surface area is 169 Å². The lowest BCUT2D eigenvalue weighted by Crippen LogP contribution is -2.28. The summed E-state index contributed by atoms with van der Waals surface area (Å²) in [5, 5.41) is 0.464. The SMILES string of the molecule is COc1ccc(CN(C)C(=O)c2ccc(Cl)c(N3CCCC3=O)c2)c(OC)c1. The summed E-state index contributed by atoms with van der Waals surface area (Å²) < 4.78 is 10.6. The normalized spacial score (nSPS) is 13.6. The van der Waals surface area contributed by atoms with Crippen LogP contribution in [0.4, 0.5) is 5.69 Å². The average Bonchev–Trinajstić information content (AvgIpc) is 3.13. The van der Waals surface area contributed by atoms with Crippen LogP contribution < -0.4 is 14.4 Å². The molecule has 0 N–H and O–H groups in total. The number of methoxy groups -OCH3 is 2. The van der Waals surface area contributed by atoms with Crippen LogP contribution in [0, 0.1) is 0 Å². The first-order valence-corrected chi connectivity index (χ1v) is 9.38. The van der Waals surface area contributed by atoms with Gasteiger partial charge in [0.05, 0.1) is 24.9 Å². The van der Waals surface area contributed by atoms with E-state index in [-0.39, 0.29) is 11.8 Å². The molecule has 1 saturated heterocycles. The first-order valence-electron chi connectivity index (χ1n) is 9.01. The van der Waals surface area contributed by atoms with Crippen LogP contribution in [0.25, 0.3) is 0 Å². The lowest BCUT2D eigenvalue weighted by atomic mass is 10.1. The van der Waals surface area contributed by atoms with Crippen molar-refractivity contribution < 1.29 is 19.1 Å². The minimum atomic E-state index is -0.164. The van der Waals surface area contributed by atoms with Gasteiger partial charge in [-0.2, -0.15) is 0 Å². The molecular weight excluding hydrogens is 380 g/mol. The van der Waals surface area contributed by atoms with Crippen LogP contribution in [0.3, 0.4) is 0 Å². The molecule has 148 valence electrons. The number of hydrogen-bond acceptors (Lipinski definition) is 4. The topological polar surface area (TPSA) is 59.1 Å². The predicted octanol–water partition coefficient (Wildman–Crippen LogP) is 3.76. The third-order valence-corrected chi connectivity index (χ3v) is 5.13. The number of hydrogen-bond donors (Lipinski definition) is 0. The van der Waals surface area contributed by atoms with Gasteiger partial charge < -0.3 is 19.3 Å². The van der Waals surface area contributed by atoms with Crippen LogP contribution in [0.2, 0.25) is 5.02 Å². The number of carbonyl (C=O) groups is 2. The Morgan fingerprint density at radius 2 is 1.96 bits per heavy atom. The maximum absolute atomic E-state index is 12.9. The first-order chi connectivity index (χ1) is 13.4. The number of halogens is 1. The first kappa shape index (κ1) is 20.0. The highest BCUT2D eigenvalue weighted by Crippen LogP contribution is 2.31. The summed E-state index contributed by atoms with van der Waals surface area (Å²) in [4.78, 5) is 28.2. The quantitative estimate of drug-likeness (QED) is 0.738. The van der Waals surface area contributed by atoms with Gasteiger partial charge in [0.25, 0.3) is 5.91 Å². The van der Waals surface area contributed by atoms with Crippen molar-refractivity contribution >= 4 is 29.1 Å². The molecule has 0 saturated carbocycles. The van der Waals surface area contributed by atoms with Gasteiger partial charge in [-0.05, 0) is 36.8 Å². The Bertz CT molecular complexity index is 900. The fourth-order valence-electron chi connectivity index (χ4n) is 3.29. The maximum Gasteiger partial charge on any atom is 0.253 e. The van der Waals surface area contributed by atoms with E-state index in [4.69, 9.17) is 21.1 Å². The minimum absolute atomic E-state index is 0.0304. The molecule has 0 atom stereocenters. The molecule has 2 aromatic carbocycles. The van der Waals surface area contributed by atoms with Gasteiger partial charge in [-0.25, -0.2) is 0 Å². The predicted molar refractivity (Wildman–Crippen MR) is 108 cm³/mol. The molecule has 1 aliphatic rings. The van der Waals surface area contributed by atoms with Crippen molar-refractivity contribution in [3.63, 3.8) is 0 Å². The van der Waals surface area contributed by atoms with Gasteiger partial charge in [-0.15, -0.1) is 0 Å². The van der Waals surface area contributed by atoms with Gasteiger partial charge in [0.15, 0.2) is 0 Å². The van der Waals surface area contributed by atoms with E-state index in [2.05, 4.69) is 0 Å². The highest BCUT2D eigenvalue weighted by Gasteiger charge is 2.25. The molecule has 0 bridgehead atoms. The molecule has 2 aromatic rings. The molecule has 0 unspecified atom stereocenters. The largest absolute Gasteiger partial charge is 0.497 e. The van der Waals surface area contributed by atoms with E-state index in [0.29, 0.717) is 47.3 Å². The Hall–Kier alpha value is -2.73. The van der Waals surface area contributed by atoms with Crippen LogP contribution in [0.15, 0.2) is 36.4 Å². The summed E-state index contributed by atoms with van der Waals surface area (Å²) in [5.41, 5.74) is 1.93. The van der Waals surface area contributed by atoms with Crippen LogP contribution in [-0.2, 0) is 11.3 Å². The van der Waals surface area contributed by atoms with E-state index in [0.717, 1.165) is 12.0 Å². The molecular formula is C21H23ClN2O4.